The highest BCUT2D eigenvalue weighted by Crippen LogP contribution is 2.37. The molecular formula is C24H25F2N3O3. The van der Waals surface area contributed by atoms with Crippen LogP contribution in [0.1, 0.15) is 49.3 Å². The first-order chi connectivity index (χ1) is 15.2. The monoisotopic (exact) mass is 441 g/mol. The van der Waals surface area contributed by atoms with E-state index in [4.69, 9.17) is 0 Å². The maximum absolute atomic E-state index is 13.1. The summed E-state index contributed by atoms with van der Waals surface area (Å²) in [6.07, 6.45) is 0.727. The number of nitrogens with one attached hydrogen (secondary N) is 2. The average Bonchev–Trinajstić information content (AvgIpc) is 2.77. The molecule has 1 amide bonds. The van der Waals surface area contributed by atoms with Crippen molar-refractivity contribution in [2.75, 3.05) is 0 Å². The molecule has 2 N–H and O–H groups in total. The van der Waals surface area contributed by atoms with E-state index in [1.54, 1.807) is 24.3 Å². The van der Waals surface area contributed by atoms with Gasteiger partial charge in [0.25, 0.3) is 11.5 Å². The normalized spacial score (nSPS) is 12.4. The van der Waals surface area contributed by atoms with Crippen LogP contribution in [0, 0.1) is 5.41 Å². The Balaban J connectivity index is 1.91. The number of ether oxygens (including phenoxy) is 1. The van der Waals surface area contributed by atoms with Crippen molar-refractivity contribution in [3.8, 4) is 17.1 Å². The molecular weight excluding hydrogens is 416 g/mol. The number of amides is 1. The Morgan fingerprint density at radius 3 is 2.38 bits per heavy atom. The van der Waals surface area contributed by atoms with Crippen molar-refractivity contribution >= 4 is 5.91 Å². The van der Waals surface area contributed by atoms with E-state index in [1.165, 1.54) is 12.1 Å². The van der Waals surface area contributed by atoms with Crippen molar-refractivity contribution in [2.45, 2.75) is 39.8 Å². The molecule has 168 valence electrons. The van der Waals surface area contributed by atoms with E-state index >= 15 is 0 Å². The van der Waals surface area contributed by atoms with Gasteiger partial charge in [-0.25, -0.2) is 4.98 Å². The molecule has 0 saturated heterocycles. The molecule has 2 aromatic carbocycles. The van der Waals surface area contributed by atoms with E-state index in [1.807, 2.05) is 39.0 Å². The van der Waals surface area contributed by atoms with E-state index in [0.717, 1.165) is 18.1 Å². The van der Waals surface area contributed by atoms with Crippen molar-refractivity contribution in [2.24, 2.45) is 5.41 Å². The lowest BCUT2D eigenvalue weighted by atomic mass is 9.78. The molecule has 0 radical (unpaired) electrons. The van der Waals surface area contributed by atoms with Gasteiger partial charge in [0, 0.05) is 11.6 Å². The molecule has 0 saturated carbocycles. The lowest BCUT2D eigenvalue weighted by Crippen LogP contribution is -2.38. The molecule has 0 spiro atoms. The molecule has 3 aromatic rings. The quantitative estimate of drug-likeness (QED) is 0.518. The summed E-state index contributed by atoms with van der Waals surface area (Å²) < 4.78 is 29.3. The molecule has 32 heavy (non-hydrogen) atoms. The molecule has 1 atom stereocenters. The van der Waals surface area contributed by atoms with Crippen LogP contribution >= 0.6 is 0 Å². The number of hydrogen-bond donors (Lipinski definition) is 2. The lowest BCUT2D eigenvalue weighted by molar-refractivity contribution is -0.0498. The van der Waals surface area contributed by atoms with Gasteiger partial charge in [-0.3, -0.25) is 9.59 Å². The summed E-state index contributed by atoms with van der Waals surface area (Å²) in [6, 6.07) is 15.9. The largest absolute Gasteiger partial charge is 0.435 e. The molecule has 0 aliphatic heterocycles. The third-order valence-electron chi connectivity index (χ3n) is 5.43. The number of aromatic nitrogens is 2. The second kappa shape index (κ2) is 9.72. The van der Waals surface area contributed by atoms with Gasteiger partial charge >= 0.3 is 6.61 Å². The van der Waals surface area contributed by atoms with Gasteiger partial charge < -0.3 is 15.0 Å². The van der Waals surface area contributed by atoms with Crippen molar-refractivity contribution < 1.29 is 18.3 Å². The Morgan fingerprint density at radius 2 is 1.78 bits per heavy atom. The van der Waals surface area contributed by atoms with Gasteiger partial charge in [-0.1, -0.05) is 63.2 Å². The fraction of sp³-hybridized carbons (Fsp3) is 0.292. The maximum Gasteiger partial charge on any atom is 0.387 e. The number of rotatable bonds is 8. The fourth-order valence-corrected chi connectivity index (χ4v) is 3.29. The van der Waals surface area contributed by atoms with E-state index in [2.05, 4.69) is 20.0 Å². The number of hydrogen-bond acceptors (Lipinski definition) is 4. The minimum Gasteiger partial charge on any atom is -0.435 e. The van der Waals surface area contributed by atoms with E-state index < -0.39 is 24.1 Å². The Kier molecular flexibility index (Phi) is 7.02. The highest BCUT2D eigenvalue weighted by Gasteiger charge is 2.31. The first-order valence-electron chi connectivity index (χ1n) is 10.2. The Labute approximate surface area is 184 Å². The predicted octanol–water partition coefficient (Wildman–Crippen LogP) is 4.95. The third kappa shape index (κ3) is 5.57. The molecule has 0 aliphatic rings. The number of H-pyrrole nitrogens is 1. The smallest absolute Gasteiger partial charge is 0.387 e. The van der Waals surface area contributed by atoms with E-state index in [-0.39, 0.29) is 16.9 Å². The van der Waals surface area contributed by atoms with Gasteiger partial charge in [0.15, 0.2) is 0 Å². The van der Waals surface area contributed by atoms with Crippen LogP contribution in [-0.4, -0.2) is 22.5 Å². The number of aromatic amines is 1. The van der Waals surface area contributed by atoms with E-state index in [9.17, 15) is 18.4 Å². The number of halogens is 2. The van der Waals surface area contributed by atoms with Gasteiger partial charge in [-0.15, -0.1) is 0 Å². The van der Waals surface area contributed by atoms with Crippen LogP contribution in [0.3, 0.4) is 0 Å². The summed E-state index contributed by atoms with van der Waals surface area (Å²) in [7, 11) is 0. The SMILES string of the molecule is CCC(C)(C)C(NC(=O)c1cc(=O)[nH]c(-c2ccccc2)n1)c1ccc(OC(F)F)cc1. The molecule has 0 aliphatic carbocycles. The third-order valence-corrected chi connectivity index (χ3v) is 5.43. The summed E-state index contributed by atoms with van der Waals surface area (Å²) in [4.78, 5) is 32.2. The molecule has 8 heteroatoms. The van der Waals surface area contributed by atoms with Crippen LogP contribution in [0.5, 0.6) is 5.75 Å². The van der Waals surface area contributed by atoms with Gasteiger partial charge in [0.2, 0.25) is 0 Å². The first-order valence-corrected chi connectivity index (χ1v) is 10.2. The zero-order chi connectivity index (χ0) is 23.3. The van der Waals surface area contributed by atoms with E-state index in [0.29, 0.717) is 11.4 Å². The van der Waals surface area contributed by atoms with Crippen molar-refractivity contribution in [3.05, 3.63) is 82.3 Å². The van der Waals surface area contributed by atoms with Crippen molar-refractivity contribution in [3.63, 3.8) is 0 Å². The number of alkyl halides is 2. The predicted molar refractivity (Wildman–Crippen MR) is 118 cm³/mol. The molecule has 0 fully saturated rings. The molecule has 0 bridgehead atoms. The second-order valence-electron chi connectivity index (χ2n) is 8.04. The standard InChI is InChI=1S/C24H25F2N3O3/c1-4-24(2,3)20(15-10-12-17(13-11-15)32-23(25)26)29-22(31)18-14-19(30)28-21(27-18)16-8-6-5-7-9-16/h5-14,20,23H,4H2,1-3H3,(H,29,31)(H,27,28,30). The van der Waals surface area contributed by atoms with Crippen LogP contribution in [-0.2, 0) is 0 Å². The summed E-state index contributed by atoms with van der Waals surface area (Å²) in [5.74, 6) is -0.178. The molecule has 1 unspecified atom stereocenters. The summed E-state index contributed by atoms with van der Waals surface area (Å²) in [5, 5.41) is 2.96. The zero-order valence-electron chi connectivity index (χ0n) is 18.1. The number of carbonyl (C=O) groups is 1. The Morgan fingerprint density at radius 1 is 1.12 bits per heavy atom. The van der Waals surface area contributed by atoms with Crippen LogP contribution in [0.25, 0.3) is 11.4 Å². The average molecular weight is 441 g/mol. The van der Waals surface area contributed by atoms with Gasteiger partial charge in [0.05, 0.1) is 6.04 Å². The highest BCUT2D eigenvalue weighted by atomic mass is 19.3. The second-order valence-corrected chi connectivity index (χ2v) is 8.04. The van der Waals surface area contributed by atoms with Crippen LogP contribution in [0.4, 0.5) is 8.78 Å². The molecule has 6 nitrogen and oxygen atoms in total. The summed E-state index contributed by atoms with van der Waals surface area (Å²) in [5.41, 5.74) is 0.578. The highest BCUT2D eigenvalue weighted by molar-refractivity contribution is 5.93. The van der Waals surface area contributed by atoms with Gasteiger partial charge in [0.1, 0.15) is 17.3 Å². The summed E-state index contributed by atoms with van der Waals surface area (Å²) >= 11 is 0. The van der Waals surface area contributed by atoms with Crippen LogP contribution in [0.15, 0.2) is 65.5 Å². The number of benzene rings is 2. The summed E-state index contributed by atoms with van der Waals surface area (Å²) in [6.45, 7) is 3.06. The first kappa shape index (κ1) is 23.1. The topological polar surface area (TPSA) is 84.1 Å². The number of carbonyl (C=O) groups excluding carboxylic acids is 1. The molecule has 3 rings (SSSR count). The molecule has 1 aromatic heterocycles. The van der Waals surface area contributed by atoms with Gasteiger partial charge in [-0.05, 0) is 29.5 Å². The van der Waals surface area contributed by atoms with Crippen molar-refractivity contribution in [1.82, 2.24) is 15.3 Å². The van der Waals surface area contributed by atoms with Crippen LogP contribution in [0.2, 0.25) is 0 Å². The Hall–Kier alpha value is -3.55. The van der Waals surface area contributed by atoms with Crippen LogP contribution < -0.4 is 15.6 Å². The zero-order valence-corrected chi connectivity index (χ0v) is 18.1. The minimum absolute atomic E-state index is 0.0119. The minimum atomic E-state index is -2.91. The number of nitrogens with zero attached hydrogens (tertiary/aromatic N) is 1. The Bertz CT molecular complexity index is 1110. The van der Waals surface area contributed by atoms with Crippen molar-refractivity contribution in [1.29, 1.82) is 0 Å². The lowest BCUT2D eigenvalue weighted by Gasteiger charge is -2.34. The maximum atomic E-state index is 13.1. The fourth-order valence-electron chi connectivity index (χ4n) is 3.29. The van der Waals surface area contributed by atoms with Gasteiger partial charge in [-0.2, -0.15) is 8.78 Å². The molecule has 1 heterocycles.